The summed E-state index contributed by atoms with van der Waals surface area (Å²) in [5, 5.41) is 20.9. The molecule has 1 aromatic carbocycles. The van der Waals surface area contributed by atoms with Gasteiger partial charge < -0.3 is 15.5 Å². The third-order valence-corrected chi connectivity index (χ3v) is 3.18. The Hall–Kier alpha value is -1.19. The van der Waals surface area contributed by atoms with Crippen molar-refractivity contribution in [1.82, 2.24) is 0 Å². The van der Waals surface area contributed by atoms with E-state index in [1.54, 1.807) is 0 Å². The van der Waals surface area contributed by atoms with Crippen molar-refractivity contribution in [2.75, 3.05) is 17.7 Å². The third-order valence-electron chi connectivity index (χ3n) is 2.82. The number of aliphatic hydroxyl groups excluding tert-OH is 1. The van der Waals surface area contributed by atoms with E-state index in [0.717, 1.165) is 6.07 Å². The van der Waals surface area contributed by atoms with Gasteiger partial charge in [0.1, 0.15) is 0 Å². The van der Waals surface area contributed by atoms with Gasteiger partial charge in [-0.3, -0.25) is 0 Å². The molecule has 0 aliphatic rings. The smallest absolute Gasteiger partial charge is 0.390 e. The van der Waals surface area contributed by atoms with Crippen molar-refractivity contribution in [3.63, 3.8) is 0 Å². The second-order valence-electron chi connectivity index (χ2n) is 4.48. The Labute approximate surface area is 126 Å². The molecule has 0 bridgehead atoms. The summed E-state index contributed by atoms with van der Waals surface area (Å²) < 4.78 is 76.4. The zero-order valence-electron chi connectivity index (χ0n) is 10.8. The number of rotatable bonds is 5. The maximum absolute atomic E-state index is 12.7. The number of hydrogen-bond donors (Lipinski definition) is 3. The van der Waals surface area contributed by atoms with Crippen LogP contribution in [0, 0.1) is 0 Å². The quantitative estimate of drug-likeness (QED) is 0.564. The Kier molecular flexibility index (Phi) is 5.58. The van der Waals surface area contributed by atoms with Crippen molar-refractivity contribution in [3.05, 3.63) is 29.8 Å². The molecule has 3 N–H and O–H groups in total. The maximum atomic E-state index is 12.7. The minimum absolute atomic E-state index is 0.131. The predicted molar refractivity (Wildman–Crippen MR) is 67.7 cm³/mol. The zero-order chi connectivity index (χ0) is 17.2. The lowest BCUT2D eigenvalue weighted by Crippen LogP contribution is -2.53. The minimum atomic E-state index is -5.94. The van der Waals surface area contributed by atoms with Gasteiger partial charge in [-0.05, 0) is 12.1 Å². The summed E-state index contributed by atoms with van der Waals surface area (Å²) in [7, 11) is 0. The molecule has 0 aliphatic heterocycles. The lowest BCUT2D eigenvalue weighted by atomic mass is 9.92. The van der Waals surface area contributed by atoms with Gasteiger partial charge in [0.05, 0.1) is 12.0 Å². The van der Waals surface area contributed by atoms with Crippen LogP contribution in [-0.4, -0.2) is 41.1 Å². The minimum Gasteiger partial charge on any atom is -0.390 e. The van der Waals surface area contributed by atoms with Gasteiger partial charge in [-0.2, -0.15) is 26.3 Å². The predicted octanol–water partition coefficient (Wildman–Crippen LogP) is 3.01. The highest BCUT2D eigenvalue weighted by Crippen LogP contribution is 2.50. The first-order valence-corrected chi connectivity index (χ1v) is 6.41. The molecule has 1 atom stereocenters. The number of aliphatic hydroxyl groups is 2. The Morgan fingerprint density at radius 3 is 2.09 bits per heavy atom. The maximum Gasteiger partial charge on any atom is 0.430 e. The van der Waals surface area contributed by atoms with Crippen LogP contribution in [0.3, 0.4) is 0 Å². The van der Waals surface area contributed by atoms with Crippen LogP contribution >= 0.6 is 11.6 Å². The van der Waals surface area contributed by atoms with Crippen molar-refractivity contribution in [2.45, 2.75) is 24.1 Å². The highest BCUT2D eigenvalue weighted by Gasteiger charge is 2.71. The molecule has 0 heterocycles. The summed E-state index contributed by atoms with van der Waals surface area (Å²) in [5.74, 6) is -0.165. The van der Waals surface area contributed by atoms with E-state index in [-0.39, 0.29) is 18.1 Å². The molecule has 0 aliphatic carbocycles. The normalized spacial score (nSPS) is 14.8. The summed E-state index contributed by atoms with van der Waals surface area (Å²) in [6.07, 6.45) is -12.9. The van der Waals surface area contributed by atoms with Crippen LogP contribution in [-0.2, 0) is 5.60 Å². The number of benzene rings is 1. The Morgan fingerprint density at radius 2 is 1.64 bits per heavy atom. The van der Waals surface area contributed by atoms with Crippen molar-refractivity contribution >= 4 is 17.3 Å². The van der Waals surface area contributed by atoms with Crippen LogP contribution in [0.4, 0.5) is 32.0 Å². The van der Waals surface area contributed by atoms with Gasteiger partial charge in [0, 0.05) is 17.8 Å². The second kappa shape index (κ2) is 6.51. The summed E-state index contributed by atoms with van der Waals surface area (Å²) in [6.45, 7) is -0.177. The molecule has 10 heteroatoms. The molecule has 0 saturated heterocycles. The molecule has 0 fully saturated rings. The number of alkyl halides is 7. The first kappa shape index (κ1) is 18.9. The van der Waals surface area contributed by atoms with Crippen molar-refractivity contribution in [1.29, 1.82) is 0 Å². The molecule has 1 rings (SSSR count). The van der Waals surface area contributed by atoms with Crippen LogP contribution < -0.4 is 5.32 Å². The fourth-order valence-electron chi connectivity index (χ4n) is 1.63. The molecule has 0 amide bonds. The molecule has 0 aromatic heterocycles. The second-order valence-corrected chi connectivity index (χ2v) is 4.78. The number of nitrogens with one attached hydrogen (secondary N) is 1. The highest BCUT2D eigenvalue weighted by atomic mass is 35.5. The van der Waals surface area contributed by atoms with Crippen LogP contribution in [0.25, 0.3) is 0 Å². The van der Waals surface area contributed by atoms with Gasteiger partial charge >= 0.3 is 12.4 Å². The molecular weight excluding hydrogens is 340 g/mol. The van der Waals surface area contributed by atoms with E-state index >= 15 is 0 Å². The van der Waals surface area contributed by atoms with Crippen molar-refractivity contribution in [3.8, 4) is 0 Å². The van der Waals surface area contributed by atoms with Gasteiger partial charge in [0.2, 0.25) is 0 Å². The van der Waals surface area contributed by atoms with E-state index in [4.69, 9.17) is 11.6 Å². The number of hydrogen-bond acceptors (Lipinski definition) is 3. The number of halogens is 7. The zero-order valence-corrected chi connectivity index (χ0v) is 11.6. The van der Waals surface area contributed by atoms with Gasteiger partial charge in [-0.25, -0.2) is 0 Å². The largest absolute Gasteiger partial charge is 0.430 e. The lowest BCUT2D eigenvalue weighted by Gasteiger charge is -2.32. The molecule has 126 valence electrons. The van der Waals surface area contributed by atoms with E-state index in [2.05, 4.69) is 5.32 Å². The molecule has 0 radical (unpaired) electrons. The van der Waals surface area contributed by atoms with Gasteiger partial charge in [0.25, 0.3) is 5.60 Å². The highest BCUT2D eigenvalue weighted by molar-refractivity contribution is 6.18. The van der Waals surface area contributed by atoms with E-state index in [1.165, 1.54) is 6.07 Å². The van der Waals surface area contributed by atoms with E-state index in [0.29, 0.717) is 12.1 Å². The SMILES string of the molecule is OC(CCl)CNc1cccc(C(O)(C(F)(F)F)C(F)(F)F)c1. The summed E-state index contributed by atoms with van der Waals surface area (Å²) in [6, 6.07) is 3.15. The lowest BCUT2D eigenvalue weighted by molar-refractivity contribution is -0.376. The average Bonchev–Trinajstić information content (AvgIpc) is 2.41. The van der Waals surface area contributed by atoms with E-state index < -0.39 is 29.6 Å². The van der Waals surface area contributed by atoms with Crippen LogP contribution in [0.1, 0.15) is 5.56 Å². The fourth-order valence-corrected chi connectivity index (χ4v) is 1.74. The molecule has 3 nitrogen and oxygen atoms in total. The average molecular weight is 352 g/mol. The molecule has 22 heavy (non-hydrogen) atoms. The third kappa shape index (κ3) is 3.76. The molecular formula is C12H12ClF6NO2. The topological polar surface area (TPSA) is 52.5 Å². The van der Waals surface area contributed by atoms with Gasteiger partial charge in [-0.1, -0.05) is 12.1 Å². The molecule has 0 saturated carbocycles. The monoisotopic (exact) mass is 351 g/mol. The summed E-state index contributed by atoms with van der Waals surface area (Å²) >= 11 is 5.31. The van der Waals surface area contributed by atoms with Crippen molar-refractivity contribution in [2.24, 2.45) is 0 Å². The Balaban J connectivity index is 3.18. The van der Waals surface area contributed by atoms with Crippen LogP contribution in [0.15, 0.2) is 24.3 Å². The Morgan fingerprint density at radius 1 is 1.09 bits per heavy atom. The standard InChI is InChI=1S/C12H12ClF6NO2/c13-5-9(21)6-20-8-3-1-2-7(4-8)10(22,11(14,15)16)12(17,18)19/h1-4,9,20-22H,5-6H2. The van der Waals surface area contributed by atoms with Crippen LogP contribution in [0.2, 0.25) is 0 Å². The van der Waals surface area contributed by atoms with Crippen molar-refractivity contribution < 1.29 is 36.6 Å². The molecule has 0 spiro atoms. The first-order valence-electron chi connectivity index (χ1n) is 5.87. The molecule has 1 aromatic rings. The van der Waals surface area contributed by atoms with Gasteiger partial charge in [-0.15, -0.1) is 11.6 Å². The first-order chi connectivity index (χ1) is 9.93. The summed E-state index contributed by atoms with van der Waals surface area (Å²) in [5.41, 5.74) is -6.49. The van der Waals surface area contributed by atoms with E-state index in [1.807, 2.05) is 0 Å². The number of anilines is 1. The van der Waals surface area contributed by atoms with Crippen LogP contribution in [0.5, 0.6) is 0 Å². The van der Waals surface area contributed by atoms with E-state index in [9.17, 15) is 36.6 Å². The fraction of sp³-hybridized carbons (Fsp3) is 0.500. The Bertz CT molecular complexity index is 491. The molecule has 1 unspecified atom stereocenters. The van der Waals surface area contributed by atoms with Gasteiger partial charge in [0.15, 0.2) is 0 Å². The summed E-state index contributed by atoms with van der Waals surface area (Å²) in [4.78, 5) is 0.